The van der Waals surface area contributed by atoms with Crippen LogP contribution in [0.4, 0.5) is 5.13 Å². The summed E-state index contributed by atoms with van der Waals surface area (Å²) in [6, 6.07) is 70.6. The Hall–Kier alpha value is -9.20. The van der Waals surface area contributed by atoms with E-state index in [1.165, 1.54) is 34.1 Å². The number of nitrogens with one attached hydrogen (secondary N) is 2. The van der Waals surface area contributed by atoms with Crippen molar-refractivity contribution in [1.82, 2.24) is 15.2 Å². The van der Waals surface area contributed by atoms with E-state index < -0.39 is 64.7 Å². The van der Waals surface area contributed by atoms with Crippen LogP contribution in [0.5, 0.6) is 11.5 Å². The minimum atomic E-state index is -1.73. The van der Waals surface area contributed by atoms with Gasteiger partial charge in [0, 0.05) is 35.3 Å². The average Bonchev–Trinajstić information content (AvgIpc) is 1.42. The lowest BCUT2D eigenvalue weighted by Gasteiger charge is -2.49. The van der Waals surface area contributed by atoms with Gasteiger partial charge in [-0.15, -0.1) is 23.1 Å². The van der Waals surface area contributed by atoms with Crippen molar-refractivity contribution in [3.05, 3.63) is 297 Å². The van der Waals surface area contributed by atoms with Crippen molar-refractivity contribution < 1.29 is 61.9 Å². The van der Waals surface area contributed by atoms with Gasteiger partial charge < -0.3 is 53.4 Å². The van der Waals surface area contributed by atoms with Gasteiger partial charge in [-0.1, -0.05) is 246 Å². The molecule has 3 atom stereocenters. The monoisotopic (exact) mass is 1430 g/mol. The van der Waals surface area contributed by atoms with E-state index in [0.29, 0.717) is 45.2 Å². The largest absolute Gasteiger partial charge is 0.464 e. The van der Waals surface area contributed by atoms with E-state index in [1.54, 1.807) is 31.7 Å². The highest BCUT2D eigenvalue weighted by Gasteiger charge is 2.55. The summed E-state index contributed by atoms with van der Waals surface area (Å²) in [4.78, 5) is 73.6. The van der Waals surface area contributed by atoms with Crippen LogP contribution in [0.3, 0.4) is 0 Å². The van der Waals surface area contributed by atoms with E-state index in [1.807, 2.05) is 212 Å². The van der Waals surface area contributed by atoms with Gasteiger partial charge in [0.25, 0.3) is 11.8 Å². The highest BCUT2D eigenvalue weighted by atomic mass is 127. The van der Waals surface area contributed by atoms with Crippen LogP contribution in [-0.4, -0.2) is 115 Å². The van der Waals surface area contributed by atoms with Gasteiger partial charge >= 0.3 is 11.9 Å². The normalized spacial score (nSPS) is 14.9. The number of hydrogen-bond acceptors (Lipinski definition) is 18. The summed E-state index contributed by atoms with van der Waals surface area (Å²) in [5, 5.41) is 12.6. The van der Waals surface area contributed by atoms with Gasteiger partial charge in [0.05, 0.1) is 26.4 Å². The van der Waals surface area contributed by atoms with Crippen molar-refractivity contribution in [1.29, 1.82) is 0 Å². The van der Waals surface area contributed by atoms with E-state index in [-0.39, 0.29) is 55.3 Å². The molecule has 8 aromatic carbocycles. The predicted molar refractivity (Wildman–Crippen MR) is 371 cm³/mol. The number of fused-ring (bicyclic) bond motifs is 1. The number of carbonyl (C=O) groups is 4. The Morgan fingerprint density at radius 3 is 1.57 bits per heavy atom. The van der Waals surface area contributed by atoms with Gasteiger partial charge in [-0.2, -0.15) is 0 Å². The molecule has 0 saturated carbocycles. The third kappa shape index (κ3) is 16.1. The number of nitrogens with zero attached hydrogens (tertiary/aromatic N) is 3. The number of anilines is 1. The summed E-state index contributed by atoms with van der Waals surface area (Å²) in [7, 11) is 3.12. The van der Waals surface area contributed by atoms with Crippen molar-refractivity contribution in [3.63, 3.8) is 0 Å². The number of thiazole rings is 1. The predicted octanol–water partition coefficient (Wildman–Crippen LogP) is 12.8. The highest BCUT2D eigenvalue weighted by Crippen LogP contribution is 2.44. The Kier molecular flexibility index (Phi) is 23.5. The second-order valence-electron chi connectivity index (χ2n) is 21.7. The molecule has 1 saturated heterocycles. The van der Waals surface area contributed by atoms with Crippen molar-refractivity contribution in [2.45, 2.75) is 35.3 Å². The molecule has 2 N–H and O–H groups in total. The Morgan fingerprint density at radius 1 is 0.611 bits per heavy atom. The van der Waals surface area contributed by atoms with Crippen LogP contribution >= 0.6 is 45.7 Å². The number of benzene rings is 8. The van der Waals surface area contributed by atoms with Crippen LogP contribution in [0.2, 0.25) is 0 Å². The number of β-lactam (4-membered cyclic amide) rings is 1. The van der Waals surface area contributed by atoms with Gasteiger partial charge in [-0.3, -0.25) is 14.5 Å². The molecule has 3 heterocycles. The molecule has 18 nitrogen and oxygen atoms in total. The minimum absolute atomic E-state index is 0.0234. The summed E-state index contributed by atoms with van der Waals surface area (Å²) in [5.74, 6) is -2.31. The zero-order valence-electron chi connectivity index (χ0n) is 51.9. The molecular weight excluding hydrogens is 1360 g/mol. The summed E-state index contributed by atoms with van der Waals surface area (Å²) >= 11 is 4.79. The lowest BCUT2D eigenvalue weighted by Crippen LogP contribution is -2.71. The van der Waals surface area contributed by atoms with E-state index in [9.17, 15) is 9.59 Å². The lowest BCUT2D eigenvalue weighted by molar-refractivity contribution is -0.162. The van der Waals surface area contributed by atoms with Crippen LogP contribution in [0, 0.1) is 0 Å². The number of rotatable bonds is 32. The van der Waals surface area contributed by atoms with Gasteiger partial charge in [-0.25, -0.2) is 14.6 Å². The maximum Gasteiger partial charge on any atom is 0.356 e. The Bertz CT molecular complexity index is 3870. The maximum atomic E-state index is 15.6. The minimum Gasteiger partial charge on any atom is -0.464 e. The van der Waals surface area contributed by atoms with Crippen molar-refractivity contribution in [2.75, 3.05) is 69.7 Å². The summed E-state index contributed by atoms with van der Waals surface area (Å²) < 4.78 is 47.2. The summed E-state index contributed by atoms with van der Waals surface area (Å²) in [6.45, 7) is 0.667. The first kappa shape index (κ1) is 67.2. The lowest BCUT2D eigenvalue weighted by atomic mass is 9.77. The van der Waals surface area contributed by atoms with Crippen LogP contribution in [0.1, 0.15) is 68.5 Å². The van der Waals surface area contributed by atoms with Crippen LogP contribution in [-0.2, 0) is 58.0 Å². The zero-order chi connectivity index (χ0) is 65.8. The molecule has 2 aliphatic rings. The smallest absolute Gasteiger partial charge is 0.356 e. The Morgan fingerprint density at radius 2 is 1.08 bits per heavy atom. The number of methoxy groups -OCH3 is 2. The maximum absolute atomic E-state index is 15.6. The SMILES string of the molecule is COCCOCOc1ccc(C(ON=C(C(=O)N[C@@H]2C(=O)N3C(C(=O)OC(c4ccccc4)c4ccccc4)=C(CI)CS[C@@H]23)c2csc(NC(c3ccccc3)(c3ccccc3)c3ccccc3)n2)C(=O)OC(c2ccccc2)c2ccccc2)cc1OCOCCOC. The first-order valence-electron chi connectivity index (χ1n) is 30.5. The molecule has 1 fully saturated rings. The molecule has 0 radical (unpaired) electrons. The fourth-order valence-corrected chi connectivity index (χ4v) is 14.1. The number of esters is 2. The number of ether oxygens (including phenoxy) is 8. The van der Waals surface area contributed by atoms with Crippen LogP contribution in [0.15, 0.2) is 252 Å². The molecule has 0 spiro atoms. The number of halogens is 1. The second-order valence-corrected chi connectivity index (χ2v) is 24.4. The highest BCUT2D eigenvalue weighted by molar-refractivity contribution is 14.1. The topological polar surface area (TPSA) is 204 Å². The van der Waals surface area contributed by atoms with Gasteiger partial charge in [0.15, 0.2) is 48.1 Å². The number of carbonyl (C=O) groups excluding carboxylic acids is 4. The first-order valence-corrected chi connectivity index (χ1v) is 34.0. The van der Waals surface area contributed by atoms with Crippen LogP contribution < -0.4 is 20.1 Å². The second kappa shape index (κ2) is 33.3. The molecule has 0 bridgehead atoms. The number of hydrogen-bond donors (Lipinski definition) is 2. The Labute approximate surface area is 572 Å². The quantitative estimate of drug-likeness (QED) is 0.00463. The fourth-order valence-electron chi connectivity index (χ4n) is 11.0. The van der Waals surface area contributed by atoms with Crippen molar-refractivity contribution in [3.8, 4) is 11.5 Å². The first-order chi connectivity index (χ1) is 46.7. The van der Waals surface area contributed by atoms with Crippen LogP contribution in [0.25, 0.3) is 0 Å². The standard InChI is InChI=1S/C74H68IN5O13S2/c1-85-40-42-87-48-89-60-39-38-54(44-61(60)90-49-88-43-41-86-2)67(72(84)92-66(52-28-14-5-15-29-52)53-30-16-6-17-31-53)93-79-62(59-47-95-73(76-59)78-74(56-32-18-7-19-33-56,57-34-20-8-21-35-57)58-36-22-9-23-37-58)68(81)77-63-69(82)80-64(55(45-75)46-94-70(63)80)71(83)91-65(50-24-10-3-11-25-50)51-26-12-4-13-27-51/h3-39,44,47,63,65-67,70H,40-43,45-46,48-49H2,1-2H3,(H,76,78)(H,77,81)/t63-,67?,70+/m1/s1. The zero-order valence-corrected chi connectivity index (χ0v) is 55.7. The van der Waals surface area contributed by atoms with E-state index >= 15 is 9.59 Å². The van der Waals surface area contributed by atoms with Gasteiger partial charge in [0.1, 0.15) is 28.3 Å². The summed E-state index contributed by atoms with van der Waals surface area (Å²) in [5.41, 5.74) is 5.06. The molecule has 9 aromatic rings. The van der Waals surface area contributed by atoms with Crippen molar-refractivity contribution in [2.24, 2.45) is 5.16 Å². The molecule has 2 aliphatic heterocycles. The third-order valence-electron chi connectivity index (χ3n) is 15.6. The van der Waals surface area contributed by atoms with E-state index in [0.717, 1.165) is 27.8 Å². The van der Waals surface area contributed by atoms with Gasteiger partial charge in [0.2, 0.25) is 6.10 Å². The molecule has 95 heavy (non-hydrogen) atoms. The summed E-state index contributed by atoms with van der Waals surface area (Å²) in [6.07, 6.45) is -3.47. The van der Waals surface area contributed by atoms with E-state index in [2.05, 4.69) is 38.4 Å². The molecule has 1 aromatic heterocycles. The molecule has 21 heteroatoms. The van der Waals surface area contributed by atoms with Crippen molar-refractivity contribution >= 4 is 80.3 Å². The molecule has 11 rings (SSSR count). The number of alkyl halides is 1. The molecule has 486 valence electrons. The average molecular weight is 1430 g/mol. The number of oxime groups is 1. The molecular formula is C74H68IN5O13S2. The Balaban J connectivity index is 0.985. The fraction of sp³-hybridized carbons (Fsp3) is 0.216. The number of thioether (sulfide) groups is 1. The van der Waals surface area contributed by atoms with Gasteiger partial charge in [-0.05, 0) is 56.6 Å². The number of amides is 2. The van der Waals surface area contributed by atoms with E-state index in [4.69, 9.17) is 47.7 Å². The number of aromatic nitrogens is 1. The third-order valence-corrected chi connectivity index (χ3v) is 18.6. The molecule has 0 aliphatic carbocycles. The molecule has 1 unspecified atom stereocenters. The molecule has 2 amide bonds.